The number of thiophene rings is 1. The lowest BCUT2D eigenvalue weighted by atomic mass is 10.2. The number of hydrogen-bond acceptors (Lipinski definition) is 4. The number of nitrogens with one attached hydrogen (secondary N) is 1. The molecule has 2 rings (SSSR count). The van der Waals surface area contributed by atoms with E-state index in [-0.39, 0.29) is 0 Å². The average molecular weight is 277 g/mol. The first kappa shape index (κ1) is 14.1. The van der Waals surface area contributed by atoms with E-state index in [4.69, 9.17) is 4.74 Å². The molecule has 19 heavy (non-hydrogen) atoms. The van der Waals surface area contributed by atoms with Crippen LogP contribution in [0.15, 0.2) is 41.8 Å². The van der Waals surface area contributed by atoms with Crippen LogP contribution in [-0.2, 0) is 11.3 Å². The molecule has 0 aliphatic carbocycles. The zero-order valence-corrected chi connectivity index (χ0v) is 11.8. The third-order valence-electron chi connectivity index (χ3n) is 2.73. The van der Waals surface area contributed by atoms with Crippen molar-refractivity contribution in [2.24, 2.45) is 0 Å². The highest BCUT2D eigenvalue weighted by Crippen LogP contribution is 2.10. The van der Waals surface area contributed by atoms with E-state index in [1.807, 2.05) is 41.8 Å². The molecule has 3 nitrogen and oxygen atoms in total. The fourth-order valence-electron chi connectivity index (χ4n) is 1.66. The van der Waals surface area contributed by atoms with Crippen molar-refractivity contribution in [1.82, 2.24) is 0 Å². The molecule has 0 aliphatic rings. The van der Waals surface area contributed by atoms with Gasteiger partial charge in [-0.3, -0.25) is 0 Å². The van der Waals surface area contributed by atoms with Crippen molar-refractivity contribution < 1.29 is 9.84 Å². The molecule has 0 saturated carbocycles. The third-order valence-corrected chi connectivity index (χ3v) is 3.58. The summed E-state index contributed by atoms with van der Waals surface area (Å²) in [6.45, 7) is 3.46. The third kappa shape index (κ3) is 5.03. The number of anilines is 1. The summed E-state index contributed by atoms with van der Waals surface area (Å²) in [6.07, 6.45) is -0.499. The molecular weight excluding hydrogens is 258 g/mol. The van der Waals surface area contributed by atoms with Gasteiger partial charge in [0.05, 0.1) is 19.3 Å². The fourth-order valence-corrected chi connectivity index (χ4v) is 2.30. The molecule has 4 heteroatoms. The molecule has 0 amide bonds. The minimum Gasteiger partial charge on any atom is -0.389 e. The number of aliphatic hydroxyl groups is 1. The minimum atomic E-state index is -0.499. The Morgan fingerprint density at radius 1 is 1.26 bits per heavy atom. The Labute approximate surface area is 117 Å². The van der Waals surface area contributed by atoms with Gasteiger partial charge in [0.2, 0.25) is 0 Å². The lowest BCUT2D eigenvalue weighted by Crippen LogP contribution is -2.24. The Bertz CT molecular complexity index is 467. The van der Waals surface area contributed by atoms with Gasteiger partial charge >= 0.3 is 0 Å². The van der Waals surface area contributed by atoms with Gasteiger partial charge in [0, 0.05) is 17.1 Å². The maximum Gasteiger partial charge on any atom is 0.0945 e. The molecule has 1 atom stereocenters. The van der Waals surface area contributed by atoms with Gasteiger partial charge in [-0.15, -0.1) is 11.3 Å². The monoisotopic (exact) mass is 277 g/mol. The lowest BCUT2D eigenvalue weighted by Gasteiger charge is -2.13. The summed E-state index contributed by atoms with van der Waals surface area (Å²) >= 11 is 1.66. The van der Waals surface area contributed by atoms with Gasteiger partial charge in [-0.25, -0.2) is 0 Å². The van der Waals surface area contributed by atoms with E-state index in [2.05, 4.69) is 12.2 Å². The van der Waals surface area contributed by atoms with E-state index in [1.165, 1.54) is 10.4 Å². The Kier molecular flexibility index (Phi) is 5.39. The molecule has 1 unspecified atom stereocenters. The van der Waals surface area contributed by atoms with Crippen LogP contribution in [0.4, 0.5) is 5.69 Å². The van der Waals surface area contributed by atoms with Crippen LogP contribution < -0.4 is 5.32 Å². The summed E-state index contributed by atoms with van der Waals surface area (Å²) in [5, 5.41) is 15.0. The van der Waals surface area contributed by atoms with Gasteiger partial charge in [0.1, 0.15) is 0 Å². The Morgan fingerprint density at radius 3 is 2.74 bits per heavy atom. The maximum atomic E-state index is 9.81. The van der Waals surface area contributed by atoms with E-state index in [0.29, 0.717) is 19.8 Å². The Hall–Kier alpha value is -1.36. The standard InChI is InChI=1S/C15H19NO2S/c1-12-4-6-13(7-5-12)16-9-14(17)10-18-11-15-3-2-8-19-15/h2-8,14,16-17H,9-11H2,1H3. The number of ether oxygens (including phenoxy) is 1. The molecule has 102 valence electrons. The van der Waals surface area contributed by atoms with Crippen LogP contribution in [0.2, 0.25) is 0 Å². The van der Waals surface area contributed by atoms with Crippen LogP contribution in [0, 0.1) is 6.92 Å². The molecule has 0 bridgehead atoms. The number of aryl methyl sites for hydroxylation is 1. The van der Waals surface area contributed by atoms with Crippen molar-refractivity contribution in [2.45, 2.75) is 19.6 Å². The maximum absolute atomic E-state index is 9.81. The van der Waals surface area contributed by atoms with Crippen LogP contribution in [0.5, 0.6) is 0 Å². The van der Waals surface area contributed by atoms with E-state index in [9.17, 15) is 5.11 Å². The molecule has 1 heterocycles. The summed E-state index contributed by atoms with van der Waals surface area (Å²) in [4.78, 5) is 1.18. The molecule has 0 aliphatic heterocycles. The van der Waals surface area contributed by atoms with Crippen molar-refractivity contribution in [1.29, 1.82) is 0 Å². The number of hydrogen-bond donors (Lipinski definition) is 2. The molecule has 0 radical (unpaired) electrons. The summed E-state index contributed by atoms with van der Waals surface area (Å²) < 4.78 is 5.47. The van der Waals surface area contributed by atoms with Crippen LogP contribution in [-0.4, -0.2) is 24.4 Å². The molecule has 0 spiro atoms. The normalized spacial score (nSPS) is 12.3. The first-order chi connectivity index (χ1) is 9.24. The molecule has 2 N–H and O–H groups in total. The van der Waals surface area contributed by atoms with Gasteiger partial charge in [0.25, 0.3) is 0 Å². The first-order valence-corrected chi connectivity index (χ1v) is 7.21. The minimum absolute atomic E-state index is 0.344. The van der Waals surface area contributed by atoms with E-state index in [0.717, 1.165) is 5.69 Å². The zero-order chi connectivity index (χ0) is 13.5. The van der Waals surface area contributed by atoms with E-state index >= 15 is 0 Å². The van der Waals surface area contributed by atoms with Crippen molar-refractivity contribution in [3.8, 4) is 0 Å². The SMILES string of the molecule is Cc1ccc(NCC(O)COCc2cccs2)cc1. The van der Waals surface area contributed by atoms with Gasteiger partial charge in [-0.1, -0.05) is 23.8 Å². The lowest BCUT2D eigenvalue weighted by molar-refractivity contribution is 0.0359. The van der Waals surface area contributed by atoms with Crippen LogP contribution in [0.3, 0.4) is 0 Å². The second-order valence-corrected chi connectivity index (χ2v) is 5.53. The highest BCUT2D eigenvalue weighted by molar-refractivity contribution is 7.09. The van der Waals surface area contributed by atoms with Crippen molar-refractivity contribution in [3.63, 3.8) is 0 Å². The predicted octanol–water partition coefficient (Wildman–Crippen LogP) is 3.05. The predicted molar refractivity (Wildman–Crippen MR) is 79.7 cm³/mol. The molecule has 0 saturated heterocycles. The Morgan fingerprint density at radius 2 is 2.05 bits per heavy atom. The van der Waals surface area contributed by atoms with E-state index in [1.54, 1.807) is 11.3 Å². The van der Waals surface area contributed by atoms with Crippen molar-refractivity contribution in [2.75, 3.05) is 18.5 Å². The summed E-state index contributed by atoms with van der Waals surface area (Å²) in [7, 11) is 0. The quantitative estimate of drug-likeness (QED) is 0.817. The fraction of sp³-hybridized carbons (Fsp3) is 0.333. The summed E-state index contributed by atoms with van der Waals surface area (Å²) in [5.41, 5.74) is 2.24. The smallest absolute Gasteiger partial charge is 0.0945 e. The Balaban J connectivity index is 1.64. The second kappa shape index (κ2) is 7.28. The van der Waals surface area contributed by atoms with Gasteiger partial charge < -0.3 is 15.2 Å². The first-order valence-electron chi connectivity index (χ1n) is 6.33. The van der Waals surface area contributed by atoms with Crippen LogP contribution in [0.25, 0.3) is 0 Å². The molecular formula is C15H19NO2S. The second-order valence-electron chi connectivity index (χ2n) is 4.50. The average Bonchev–Trinajstić information content (AvgIpc) is 2.91. The summed E-state index contributed by atoms with van der Waals surface area (Å²) in [6, 6.07) is 12.1. The number of benzene rings is 1. The number of aliphatic hydroxyl groups excluding tert-OH is 1. The summed E-state index contributed by atoms with van der Waals surface area (Å²) in [5.74, 6) is 0. The largest absolute Gasteiger partial charge is 0.389 e. The topological polar surface area (TPSA) is 41.5 Å². The van der Waals surface area contributed by atoms with Gasteiger partial charge in [-0.05, 0) is 30.5 Å². The van der Waals surface area contributed by atoms with Gasteiger partial charge in [0.15, 0.2) is 0 Å². The molecule has 1 aromatic heterocycles. The van der Waals surface area contributed by atoms with Crippen LogP contribution >= 0.6 is 11.3 Å². The molecule has 1 aromatic carbocycles. The van der Waals surface area contributed by atoms with Crippen molar-refractivity contribution in [3.05, 3.63) is 52.2 Å². The zero-order valence-electron chi connectivity index (χ0n) is 11.0. The van der Waals surface area contributed by atoms with Crippen molar-refractivity contribution >= 4 is 17.0 Å². The van der Waals surface area contributed by atoms with Crippen LogP contribution in [0.1, 0.15) is 10.4 Å². The van der Waals surface area contributed by atoms with Gasteiger partial charge in [-0.2, -0.15) is 0 Å². The van der Waals surface area contributed by atoms with E-state index < -0.39 is 6.10 Å². The number of rotatable bonds is 7. The molecule has 0 fully saturated rings. The molecule has 2 aromatic rings. The highest BCUT2D eigenvalue weighted by atomic mass is 32.1. The highest BCUT2D eigenvalue weighted by Gasteiger charge is 2.04.